The molecule has 6 nitrogen and oxygen atoms in total. The highest BCUT2D eigenvalue weighted by molar-refractivity contribution is 7.12. The van der Waals surface area contributed by atoms with Gasteiger partial charge in [0.25, 0.3) is 5.91 Å². The van der Waals surface area contributed by atoms with Crippen molar-refractivity contribution in [3.05, 3.63) is 45.9 Å². The maximum atomic E-state index is 12.8. The van der Waals surface area contributed by atoms with Crippen molar-refractivity contribution >= 4 is 34.1 Å². The molecule has 1 aliphatic heterocycles. The zero-order chi connectivity index (χ0) is 17.4. The van der Waals surface area contributed by atoms with Crippen LogP contribution >= 0.6 is 11.3 Å². The van der Waals surface area contributed by atoms with Gasteiger partial charge < -0.3 is 4.90 Å². The van der Waals surface area contributed by atoms with Crippen LogP contribution in [0.25, 0.3) is 11.0 Å². The highest BCUT2D eigenvalue weighted by Crippen LogP contribution is 2.31. The van der Waals surface area contributed by atoms with E-state index in [0.29, 0.717) is 22.6 Å². The van der Waals surface area contributed by atoms with E-state index in [4.69, 9.17) is 0 Å². The molecule has 0 bridgehead atoms. The fourth-order valence-corrected chi connectivity index (χ4v) is 4.18. The number of rotatable bonds is 3. The Hall–Kier alpha value is -2.54. The van der Waals surface area contributed by atoms with Gasteiger partial charge in [0, 0.05) is 41.7 Å². The van der Waals surface area contributed by atoms with Crippen LogP contribution in [0, 0.1) is 0 Å². The van der Waals surface area contributed by atoms with E-state index in [9.17, 15) is 9.59 Å². The van der Waals surface area contributed by atoms with Crippen molar-refractivity contribution in [1.29, 1.82) is 0 Å². The standard InChI is InChI=1S/C18H18N4O2S/c1-11(23)15-8-13(10-25-15)18(24)22-7-3-4-12(9-22)16-14-5-2-6-19-17(14)21-20-16/h2,5-6,8,10,12H,3-4,7,9H2,1H3,(H,19,20,21). The molecule has 1 aliphatic rings. The molecule has 0 aromatic carbocycles. The minimum atomic E-state index is -0.00426. The molecular formula is C18H18N4O2S. The van der Waals surface area contributed by atoms with Crippen molar-refractivity contribution in [2.75, 3.05) is 13.1 Å². The third-order valence-corrected chi connectivity index (χ3v) is 5.70. The number of fused-ring (bicyclic) bond motifs is 1. The van der Waals surface area contributed by atoms with E-state index in [2.05, 4.69) is 15.2 Å². The number of carbonyl (C=O) groups excluding carboxylic acids is 2. The van der Waals surface area contributed by atoms with Crippen molar-refractivity contribution < 1.29 is 9.59 Å². The largest absolute Gasteiger partial charge is 0.338 e. The number of H-pyrrole nitrogens is 1. The summed E-state index contributed by atoms with van der Waals surface area (Å²) >= 11 is 1.33. The molecule has 1 N–H and O–H groups in total. The molecule has 25 heavy (non-hydrogen) atoms. The van der Waals surface area contributed by atoms with Crippen molar-refractivity contribution in [3.8, 4) is 0 Å². The van der Waals surface area contributed by atoms with Crippen LogP contribution in [0.15, 0.2) is 29.8 Å². The number of thiophene rings is 1. The molecule has 4 rings (SSSR count). The number of aromatic amines is 1. The SMILES string of the molecule is CC(=O)c1cc(C(=O)N2CCCC(c3[nH]nc4ncccc34)C2)cs1. The van der Waals surface area contributed by atoms with Gasteiger partial charge in [-0.2, -0.15) is 5.10 Å². The van der Waals surface area contributed by atoms with Crippen LogP contribution in [0.4, 0.5) is 0 Å². The molecule has 128 valence electrons. The van der Waals surface area contributed by atoms with Crippen LogP contribution in [-0.4, -0.2) is 44.9 Å². The number of Topliss-reactive ketones (excluding diaryl/α,β-unsaturated/α-hetero) is 1. The minimum Gasteiger partial charge on any atom is -0.338 e. The Morgan fingerprint density at radius 1 is 1.40 bits per heavy atom. The Morgan fingerprint density at radius 2 is 2.28 bits per heavy atom. The summed E-state index contributed by atoms with van der Waals surface area (Å²) in [5.41, 5.74) is 2.37. The molecule has 3 aromatic rings. The Kier molecular flexibility index (Phi) is 4.09. The summed E-state index contributed by atoms with van der Waals surface area (Å²) in [5, 5.41) is 10.2. The third-order valence-electron chi connectivity index (χ3n) is 4.67. The van der Waals surface area contributed by atoms with Crippen LogP contribution in [0.2, 0.25) is 0 Å². The molecule has 1 unspecified atom stereocenters. The molecule has 1 fully saturated rings. The zero-order valence-corrected chi connectivity index (χ0v) is 14.7. The fraction of sp³-hybridized carbons (Fsp3) is 0.333. The summed E-state index contributed by atoms with van der Waals surface area (Å²) in [4.78, 5) is 31.0. The van der Waals surface area contributed by atoms with Gasteiger partial charge in [-0.25, -0.2) is 4.98 Å². The number of aromatic nitrogens is 3. The van der Waals surface area contributed by atoms with Gasteiger partial charge in [-0.3, -0.25) is 14.7 Å². The molecule has 0 aliphatic carbocycles. The predicted molar refractivity (Wildman–Crippen MR) is 96.1 cm³/mol. The average molecular weight is 354 g/mol. The Balaban J connectivity index is 1.56. The molecule has 0 radical (unpaired) electrons. The molecular weight excluding hydrogens is 336 g/mol. The van der Waals surface area contributed by atoms with E-state index in [-0.39, 0.29) is 17.6 Å². The second-order valence-electron chi connectivity index (χ2n) is 6.36. The van der Waals surface area contributed by atoms with Crippen molar-refractivity contribution in [2.45, 2.75) is 25.7 Å². The van der Waals surface area contributed by atoms with Crippen LogP contribution in [-0.2, 0) is 0 Å². The molecule has 4 heterocycles. The van der Waals surface area contributed by atoms with Crippen molar-refractivity contribution in [1.82, 2.24) is 20.1 Å². The molecule has 0 spiro atoms. The number of amides is 1. The highest BCUT2D eigenvalue weighted by atomic mass is 32.1. The van der Waals surface area contributed by atoms with E-state index < -0.39 is 0 Å². The van der Waals surface area contributed by atoms with E-state index in [1.807, 2.05) is 17.0 Å². The van der Waals surface area contributed by atoms with Gasteiger partial charge in [0.15, 0.2) is 11.4 Å². The number of likely N-dealkylation sites (tertiary alicyclic amines) is 1. The third kappa shape index (κ3) is 2.95. The lowest BCUT2D eigenvalue weighted by Crippen LogP contribution is -2.39. The van der Waals surface area contributed by atoms with Crippen LogP contribution in [0.5, 0.6) is 0 Å². The lowest BCUT2D eigenvalue weighted by atomic mass is 9.93. The number of nitrogens with one attached hydrogen (secondary N) is 1. The van der Waals surface area contributed by atoms with Crippen molar-refractivity contribution in [3.63, 3.8) is 0 Å². The second kappa shape index (κ2) is 6.40. The zero-order valence-electron chi connectivity index (χ0n) is 13.9. The summed E-state index contributed by atoms with van der Waals surface area (Å²) in [5.74, 6) is 0.213. The van der Waals surface area contributed by atoms with Gasteiger partial charge in [0.05, 0.1) is 10.4 Å². The number of pyridine rings is 1. The first-order valence-corrected chi connectivity index (χ1v) is 9.19. The fourth-order valence-electron chi connectivity index (χ4n) is 3.39. The van der Waals surface area contributed by atoms with Gasteiger partial charge in [-0.05, 0) is 38.0 Å². The Labute approximate surface area is 148 Å². The van der Waals surface area contributed by atoms with Gasteiger partial charge in [0.1, 0.15) is 0 Å². The van der Waals surface area contributed by atoms with Crippen molar-refractivity contribution in [2.24, 2.45) is 0 Å². The number of ketones is 1. The lowest BCUT2D eigenvalue weighted by molar-refractivity contribution is 0.0707. The lowest BCUT2D eigenvalue weighted by Gasteiger charge is -2.32. The van der Waals surface area contributed by atoms with Gasteiger partial charge >= 0.3 is 0 Å². The average Bonchev–Trinajstić information content (AvgIpc) is 3.28. The first-order valence-electron chi connectivity index (χ1n) is 8.31. The summed E-state index contributed by atoms with van der Waals surface area (Å²) < 4.78 is 0. The topological polar surface area (TPSA) is 79.0 Å². The Morgan fingerprint density at radius 3 is 3.08 bits per heavy atom. The molecule has 7 heteroatoms. The predicted octanol–water partition coefficient (Wildman–Crippen LogP) is 3.24. The normalized spacial score (nSPS) is 17.8. The number of hydrogen-bond acceptors (Lipinski definition) is 5. The quantitative estimate of drug-likeness (QED) is 0.732. The van der Waals surface area contributed by atoms with Crippen LogP contribution in [0.3, 0.4) is 0 Å². The first kappa shape index (κ1) is 16.0. The maximum absolute atomic E-state index is 12.8. The minimum absolute atomic E-state index is 0.00278. The van der Waals surface area contributed by atoms with E-state index in [1.54, 1.807) is 17.6 Å². The summed E-state index contributed by atoms with van der Waals surface area (Å²) in [6.07, 6.45) is 3.69. The molecule has 1 atom stereocenters. The summed E-state index contributed by atoms with van der Waals surface area (Å²) in [6.45, 7) is 2.91. The van der Waals surface area contributed by atoms with E-state index in [0.717, 1.165) is 30.5 Å². The van der Waals surface area contributed by atoms with Crippen LogP contribution in [0.1, 0.15) is 51.4 Å². The Bertz CT molecular complexity index is 945. The molecule has 1 saturated heterocycles. The monoisotopic (exact) mass is 354 g/mol. The molecule has 3 aromatic heterocycles. The number of nitrogens with zero attached hydrogens (tertiary/aromatic N) is 3. The number of carbonyl (C=O) groups is 2. The van der Waals surface area contributed by atoms with Crippen LogP contribution < -0.4 is 0 Å². The number of hydrogen-bond donors (Lipinski definition) is 1. The molecule has 1 amide bonds. The first-order chi connectivity index (χ1) is 12.1. The molecule has 0 saturated carbocycles. The highest BCUT2D eigenvalue weighted by Gasteiger charge is 2.28. The van der Waals surface area contributed by atoms with E-state index >= 15 is 0 Å². The smallest absolute Gasteiger partial charge is 0.254 e. The van der Waals surface area contributed by atoms with E-state index in [1.165, 1.54) is 18.3 Å². The van der Waals surface area contributed by atoms with Gasteiger partial charge in [0.2, 0.25) is 0 Å². The number of piperidine rings is 1. The summed E-state index contributed by atoms with van der Waals surface area (Å²) in [7, 11) is 0. The van der Waals surface area contributed by atoms with Gasteiger partial charge in [-0.15, -0.1) is 11.3 Å². The summed E-state index contributed by atoms with van der Waals surface area (Å²) in [6, 6.07) is 5.62. The maximum Gasteiger partial charge on any atom is 0.254 e. The second-order valence-corrected chi connectivity index (χ2v) is 7.27. The van der Waals surface area contributed by atoms with Gasteiger partial charge in [-0.1, -0.05) is 0 Å².